The highest BCUT2D eigenvalue weighted by Crippen LogP contribution is 2.22. The Morgan fingerprint density at radius 2 is 1.69 bits per heavy atom. The summed E-state index contributed by atoms with van der Waals surface area (Å²) in [5.41, 5.74) is 1.27. The Balaban J connectivity index is 1.44. The van der Waals surface area contributed by atoms with Crippen LogP contribution in [0.5, 0.6) is 5.75 Å². The van der Waals surface area contributed by atoms with Crippen LogP contribution in [0.15, 0.2) is 48.5 Å². The number of piperidine rings is 1. The summed E-state index contributed by atoms with van der Waals surface area (Å²) in [6.45, 7) is 0.810. The predicted octanol–water partition coefficient (Wildman–Crippen LogP) is 2.97. The van der Waals surface area contributed by atoms with Crippen molar-refractivity contribution in [1.82, 2.24) is 4.90 Å². The normalized spacial score (nSPS) is 15.2. The Bertz CT molecular complexity index is 936. The molecule has 0 aromatic heterocycles. The lowest BCUT2D eigenvalue weighted by Gasteiger charge is -2.31. The fourth-order valence-electron chi connectivity index (χ4n) is 3.68. The maximum Gasteiger partial charge on any atom is 0.333 e. The first kappa shape index (κ1) is 23.4. The van der Waals surface area contributed by atoms with E-state index in [1.807, 2.05) is 0 Å². The topological polar surface area (TPSA) is 93.1 Å². The summed E-state index contributed by atoms with van der Waals surface area (Å²) in [4.78, 5) is 37.8. The summed E-state index contributed by atoms with van der Waals surface area (Å²) >= 11 is 0. The van der Waals surface area contributed by atoms with E-state index in [-0.39, 0.29) is 36.5 Å². The Labute approximate surface area is 185 Å². The number of hydrogen-bond acceptors (Lipinski definition) is 5. The summed E-state index contributed by atoms with van der Waals surface area (Å²) in [5, 5.41) is 9.05. The zero-order valence-corrected chi connectivity index (χ0v) is 17.8. The minimum Gasteiger partial charge on any atom is -0.484 e. The molecular weight excluding hydrogens is 417 g/mol. The second-order valence-corrected chi connectivity index (χ2v) is 7.73. The highest BCUT2D eigenvalue weighted by molar-refractivity contribution is 5.98. The van der Waals surface area contributed by atoms with Crippen LogP contribution in [0.1, 0.15) is 28.8 Å². The number of carbonyl (C=O) groups excluding carboxylic acids is 2. The van der Waals surface area contributed by atoms with Gasteiger partial charge >= 0.3 is 5.97 Å². The molecule has 32 heavy (non-hydrogen) atoms. The molecule has 1 heterocycles. The van der Waals surface area contributed by atoms with Crippen LogP contribution in [0.4, 0.5) is 4.39 Å². The molecule has 1 saturated heterocycles. The van der Waals surface area contributed by atoms with Gasteiger partial charge in [0.1, 0.15) is 11.6 Å². The zero-order valence-electron chi connectivity index (χ0n) is 17.8. The van der Waals surface area contributed by atoms with Crippen molar-refractivity contribution in [3.63, 3.8) is 0 Å². The maximum atomic E-state index is 13.0. The van der Waals surface area contributed by atoms with E-state index in [0.29, 0.717) is 37.2 Å². The van der Waals surface area contributed by atoms with Crippen molar-refractivity contribution in [2.24, 2.45) is 5.92 Å². The van der Waals surface area contributed by atoms with Gasteiger partial charge < -0.3 is 19.5 Å². The molecule has 1 fully saturated rings. The van der Waals surface area contributed by atoms with Gasteiger partial charge in [-0.25, -0.2) is 9.18 Å². The van der Waals surface area contributed by atoms with E-state index in [1.165, 1.54) is 31.4 Å². The fourth-order valence-corrected chi connectivity index (χ4v) is 3.68. The third-order valence-corrected chi connectivity index (χ3v) is 5.61. The molecule has 0 saturated carbocycles. The number of carboxylic acids is 1. The fraction of sp³-hybridized carbons (Fsp3) is 0.375. The number of methoxy groups -OCH3 is 1. The lowest BCUT2D eigenvalue weighted by atomic mass is 9.89. The van der Waals surface area contributed by atoms with Gasteiger partial charge in [-0.05, 0) is 54.8 Å². The molecule has 1 N–H and O–H groups in total. The first-order valence-corrected chi connectivity index (χ1v) is 10.4. The SMILES string of the molecule is CO[C@@H](Cc1ccc(OCC(=O)N2CCC(C(=O)c3ccc(F)cc3)CC2)cc1)C(=O)O. The van der Waals surface area contributed by atoms with E-state index in [2.05, 4.69) is 0 Å². The van der Waals surface area contributed by atoms with E-state index in [1.54, 1.807) is 29.2 Å². The van der Waals surface area contributed by atoms with Gasteiger partial charge in [0.05, 0.1) is 0 Å². The number of carbonyl (C=O) groups is 3. The Kier molecular flexibility index (Phi) is 7.94. The number of rotatable bonds is 9. The van der Waals surface area contributed by atoms with Gasteiger partial charge in [0.25, 0.3) is 5.91 Å². The van der Waals surface area contributed by atoms with Gasteiger partial charge in [-0.3, -0.25) is 9.59 Å². The van der Waals surface area contributed by atoms with Gasteiger partial charge in [-0.2, -0.15) is 0 Å². The molecule has 3 rings (SSSR count). The quantitative estimate of drug-likeness (QED) is 0.599. The van der Waals surface area contributed by atoms with Gasteiger partial charge in [0.15, 0.2) is 18.5 Å². The van der Waals surface area contributed by atoms with Crippen LogP contribution >= 0.6 is 0 Å². The second-order valence-electron chi connectivity index (χ2n) is 7.73. The third-order valence-electron chi connectivity index (χ3n) is 5.61. The molecule has 1 atom stereocenters. The highest BCUT2D eigenvalue weighted by atomic mass is 19.1. The van der Waals surface area contributed by atoms with Gasteiger partial charge in [0.2, 0.25) is 0 Å². The molecule has 0 bridgehead atoms. The molecule has 0 unspecified atom stereocenters. The van der Waals surface area contributed by atoms with Crippen molar-refractivity contribution >= 4 is 17.7 Å². The first-order chi connectivity index (χ1) is 15.4. The second kappa shape index (κ2) is 10.9. The van der Waals surface area contributed by atoms with Crippen LogP contribution in [0.3, 0.4) is 0 Å². The number of aliphatic carboxylic acids is 1. The highest BCUT2D eigenvalue weighted by Gasteiger charge is 2.28. The lowest BCUT2D eigenvalue weighted by molar-refractivity contribution is -0.148. The van der Waals surface area contributed by atoms with Crippen LogP contribution in [-0.4, -0.2) is 60.6 Å². The number of nitrogens with zero attached hydrogens (tertiary/aromatic N) is 1. The standard InChI is InChI=1S/C24H26FNO6/c1-31-21(24(29)30)14-16-2-8-20(9-3-16)32-15-22(27)26-12-10-18(11-13-26)23(28)17-4-6-19(25)7-5-17/h2-9,18,21H,10-15H2,1H3,(H,29,30)/t21-/m0/s1. The van der Waals surface area contributed by atoms with Gasteiger partial charge in [0, 0.05) is 38.1 Å². The average Bonchev–Trinajstić information content (AvgIpc) is 2.81. The Morgan fingerprint density at radius 1 is 1.06 bits per heavy atom. The lowest BCUT2D eigenvalue weighted by Crippen LogP contribution is -2.42. The summed E-state index contributed by atoms with van der Waals surface area (Å²) in [6.07, 6.45) is 0.430. The smallest absolute Gasteiger partial charge is 0.333 e. The summed E-state index contributed by atoms with van der Waals surface area (Å²) in [6, 6.07) is 12.4. The molecule has 8 heteroatoms. The van der Waals surface area contributed by atoms with E-state index >= 15 is 0 Å². The monoisotopic (exact) mass is 443 g/mol. The van der Waals surface area contributed by atoms with Crippen LogP contribution in [0, 0.1) is 11.7 Å². The van der Waals surface area contributed by atoms with Crippen molar-refractivity contribution in [3.8, 4) is 5.75 Å². The van der Waals surface area contributed by atoms with Crippen LogP contribution in [0.2, 0.25) is 0 Å². The molecule has 7 nitrogen and oxygen atoms in total. The third kappa shape index (κ3) is 6.13. The average molecular weight is 443 g/mol. The Morgan fingerprint density at radius 3 is 2.25 bits per heavy atom. The van der Waals surface area contributed by atoms with Crippen molar-refractivity contribution in [2.75, 3.05) is 26.8 Å². The number of amides is 1. The van der Waals surface area contributed by atoms with Gasteiger partial charge in [-0.15, -0.1) is 0 Å². The molecule has 170 valence electrons. The molecule has 1 aliphatic heterocycles. The molecule has 0 aliphatic carbocycles. The summed E-state index contributed by atoms with van der Waals surface area (Å²) in [7, 11) is 1.35. The van der Waals surface area contributed by atoms with E-state index < -0.39 is 12.1 Å². The minimum atomic E-state index is -1.03. The largest absolute Gasteiger partial charge is 0.484 e. The molecule has 2 aromatic carbocycles. The van der Waals surface area contributed by atoms with Crippen LogP contribution in [-0.2, 0) is 20.7 Å². The molecule has 0 radical (unpaired) electrons. The number of carboxylic acid groups (broad SMARTS) is 1. The van der Waals surface area contributed by atoms with Crippen molar-refractivity contribution < 1.29 is 33.4 Å². The number of halogens is 1. The Hall–Kier alpha value is -3.26. The summed E-state index contributed by atoms with van der Waals surface area (Å²) in [5.74, 6) is -1.26. The van der Waals surface area contributed by atoms with E-state index in [0.717, 1.165) is 5.56 Å². The van der Waals surface area contributed by atoms with Crippen LogP contribution in [0.25, 0.3) is 0 Å². The van der Waals surface area contributed by atoms with Crippen molar-refractivity contribution in [1.29, 1.82) is 0 Å². The van der Waals surface area contributed by atoms with Crippen LogP contribution < -0.4 is 4.74 Å². The zero-order chi connectivity index (χ0) is 23.1. The molecule has 1 amide bonds. The number of Topliss-reactive ketones (excluding diaryl/α,β-unsaturated/α-hetero) is 1. The number of ketones is 1. The number of hydrogen-bond donors (Lipinski definition) is 1. The maximum absolute atomic E-state index is 13.0. The molecular formula is C24H26FNO6. The predicted molar refractivity (Wildman–Crippen MR) is 114 cm³/mol. The van der Waals surface area contributed by atoms with E-state index in [4.69, 9.17) is 14.6 Å². The number of ether oxygens (including phenoxy) is 2. The number of likely N-dealkylation sites (tertiary alicyclic amines) is 1. The molecule has 2 aromatic rings. The van der Waals surface area contributed by atoms with E-state index in [9.17, 15) is 18.8 Å². The first-order valence-electron chi connectivity index (χ1n) is 10.4. The molecule has 1 aliphatic rings. The summed E-state index contributed by atoms with van der Waals surface area (Å²) < 4.78 is 23.5. The molecule has 0 spiro atoms. The van der Waals surface area contributed by atoms with Gasteiger partial charge in [-0.1, -0.05) is 12.1 Å². The minimum absolute atomic E-state index is 0.0213. The number of benzene rings is 2. The van der Waals surface area contributed by atoms with Crippen molar-refractivity contribution in [2.45, 2.75) is 25.4 Å². The van der Waals surface area contributed by atoms with Crippen molar-refractivity contribution in [3.05, 3.63) is 65.5 Å².